The van der Waals surface area contributed by atoms with Crippen LogP contribution in [0.4, 0.5) is 5.69 Å². The summed E-state index contributed by atoms with van der Waals surface area (Å²) >= 11 is 0. The van der Waals surface area contributed by atoms with Gasteiger partial charge in [0.1, 0.15) is 0 Å². The normalized spacial score (nSPS) is 21.8. The van der Waals surface area contributed by atoms with Gasteiger partial charge in [-0.25, -0.2) is 0 Å². The molecule has 1 aromatic carbocycles. The van der Waals surface area contributed by atoms with Crippen LogP contribution in [0.3, 0.4) is 0 Å². The zero-order chi connectivity index (χ0) is 18.5. The molecule has 7 heteroatoms. The van der Waals surface area contributed by atoms with E-state index in [4.69, 9.17) is 4.74 Å². The van der Waals surface area contributed by atoms with E-state index in [-0.39, 0.29) is 30.1 Å². The number of carbonyl (C=O) groups is 3. The van der Waals surface area contributed by atoms with E-state index < -0.39 is 0 Å². The van der Waals surface area contributed by atoms with Crippen LogP contribution in [0.2, 0.25) is 0 Å². The third-order valence-electron chi connectivity index (χ3n) is 4.83. The topological polar surface area (TPSA) is 87.7 Å². The molecule has 7 nitrogen and oxygen atoms in total. The van der Waals surface area contributed by atoms with Crippen LogP contribution in [0.15, 0.2) is 24.3 Å². The quantitative estimate of drug-likeness (QED) is 0.800. The molecular weight excluding hydrogens is 334 g/mol. The van der Waals surface area contributed by atoms with Crippen molar-refractivity contribution >= 4 is 23.4 Å². The van der Waals surface area contributed by atoms with Crippen LogP contribution in [0.1, 0.15) is 30.1 Å². The van der Waals surface area contributed by atoms with Gasteiger partial charge < -0.3 is 20.3 Å². The lowest BCUT2D eigenvalue weighted by Crippen LogP contribution is -2.41. The van der Waals surface area contributed by atoms with E-state index in [2.05, 4.69) is 10.6 Å². The van der Waals surface area contributed by atoms with Gasteiger partial charge in [-0.3, -0.25) is 14.4 Å². The van der Waals surface area contributed by atoms with Crippen LogP contribution >= 0.6 is 0 Å². The summed E-state index contributed by atoms with van der Waals surface area (Å²) in [7, 11) is 0. The molecule has 1 aliphatic heterocycles. The second kappa shape index (κ2) is 8.31. The molecule has 1 saturated carbocycles. The molecule has 140 valence electrons. The number of anilines is 1. The molecule has 1 aromatic rings. The largest absolute Gasteiger partial charge is 0.378 e. The van der Waals surface area contributed by atoms with Gasteiger partial charge in [0.05, 0.1) is 24.5 Å². The number of hydrogen-bond donors (Lipinski definition) is 2. The molecule has 2 aliphatic rings. The Balaban J connectivity index is 1.53. The molecule has 0 aromatic heterocycles. The summed E-state index contributed by atoms with van der Waals surface area (Å²) in [5.74, 6) is 0.233. The van der Waals surface area contributed by atoms with Gasteiger partial charge in [-0.2, -0.15) is 0 Å². The lowest BCUT2D eigenvalue weighted by atomic mass is 10.1. The van der Waals surface area contributed by atoms with Crippen molar-refractivity contribution in [2.75, 3.05) is 38.2 Å². The summed E-state index contributed by atoms with van der Waals surface area (Å²) in [6, 6.07) is 6.99. The van der Waals surface area contributed by atoms with Gasteiger partial charge >= 0.3 is 0 Å². The van der Waals surface area contributed by atoms with Gasteiger partial charge in [-0.15, -0.1) is 0 Å². The summed E-state index contributed by atoms with van der Waals surface area (Å²) < 4.78 is 5.27. The summed E-state index contributed by atoms with van der Waals surface area (Å²) in [5, 5.41) is 5.58. The Bertz CT molecular complexity index is 685. The van der Waals surface area contributed by atoms with E-state index in [1.807, 2.05) is 6.92 Å². The number of benzene rings is 1. The second-order valence-corrected chi connectivity index (χ2v) is 6.86. The van der Waals surface area contributed by atoms with E-state index >= 15 is 0 Å². The number of nitrogens with zero attached hydrogens (tertiary/aromatic N) is 1. The van der Waals surface area contributed by atoms with Gasteiger partial charge in [0, 0.05) is 32.0 Å². The van der Waals surface area contributed by atoms with Gasteiger partial charge in [0.25, 0.3) is 5.91 Å². The first kappa shape index (κ1) is 18.4. The lowest BCUT2D eigenvalue weighted by Gasteiger charge is -2.27. The van der Waals surface area contributed by atoms with Crippen LogP contribution in [-0.2, 0) is 14.3 Å². The maximum absolute atomic E-state index is 12.7. The van der Waals surface area contributed by atoms with Crippen LogP contribution in [0.5, 0.6) is 0 Å². The van der Waals surface area contributed by atoms with Crippen molar-refractivity contribution < 1.29 is 19.1 Å². The Morgan fingerprint density at radius 1 is 1.19 bits per heavy atom. The number of hydrogen-bond acceptors (Lipinski definition) is 4. The monoisotopic (exact) mass is 359 g/mol. The number of rotatable bonds is 6. The van der Waals surface area contributed by atoms with Crippen LogP contribution in [-0.4, -0.2) is 55.5 Å². The van der Waals surface area contributed by atoms with Gasteiger partial charge in [0.15, 0.2) is 0 Å². The van der Waals surface area contributed by atoms with Crippen LogP contribution in [0.25, 0.3) is 0 Å². The number of morpholine rings is 1. The van der Waals surface area contributed by atoms with E-state index in [0.29, 0.717) is 50.0 Å². The van der Waals surface area contributed by atoms with Crippen molar-refractivity contribution in [3.8, 4) is 0 Å². The molecule has 0 radical (unpaired) electrons. The van der Waals surface area contributed by atoms with Crippen LogP contribution < -0.4 is 10.6 Å². The molecule has 0 bridgehead atoms. The third-order valence-corrected chi connectivity index (χ3v) is 4.83. The van der Waals surface area contributed by atoms with Gasteiger partial charge in [0.2, 0.25) is 11.8 Å². The molecule has 3 rings (SSSR count). The highest BCUT2D eigenvalue weighted by molar-refractivity contribution is 6.03. The Morgan fingerprint density at radius 2 is 1.88 bits per heavy atom. The Hall–Kier alpha value is -2.41. The van der Waals surface area contributed by atoms with E-state index in [0.717, 1.165) is 6.42 Å². The molecule has 3 amide bonds. The SMILES string of the molecule is CC1CC1C(=O)NCCC(=O)Nc1ccccc1C(=O)N1CCOCC1. The molecule has 1 aliphatic carbocycles. The molecule has 2 unspecified atom stereocenters. The Labute approximate surface area is 153 Å². The van der Waals surface area contributed by atoms with E-state index in [9.17, 15) is 14.4 Å². The molecule has 1 heterocycles. The minimum absolute atomic E-state index is 0.0215. The first-order chi connectivity index (χ1) is 12.6. The minimum Gasteiger partial charge on any atom is -0.378 e. The summed E-state index contributed by atoms with van der Waals surface area (Å²) in [6.07, 6.45) is 1.10. The summed E-state index contributed by atoms with van der Waals surface area (Å²) in [5.41, 5.74) is 0.967. The van der Waals surface area contributed by atoms with Crippen molar-refractivity contribution in [2.24, 2.45) is 11.8 Å². The van der Waals surface area contributed by atoms with E-state index in [1.54, 1.807) is 29.2 Å². The highest BCUT2D eigenvalue weighted by Crippen LogP contribution is 2.37. The average molecular weight is 359 g/mol. The first-order valence-corrected chi connectivity index (χ1v) is 9.10. The molecule has 2 N–H and O–H groups in total. The molecule has 2 atom stereocenters. The smallest absolute Gasteiger partial charge is 0.256 e. The molecular formula is C19H25N3O4. The fraction of sp³-hybridized carbons (Fsp3) is 0.526. The highest BCUT2D eigenvalue weighted by Gasteiger charge is 2.38. The predicted molar refractivity (Wildman–Crippen MR) is 96.7 cm³/mol. The maximum Gasteiger partial charge on any atom is 0.256 e. The lowest BCUT2D eigenvalue weighted by molar-refractivity contribution is -0.122. The standard InChI is InChI=1S/C19H25N3O4/c1-13-12-15(13)18(24)20-7-6-17(23)21-16-5-3-2-4-14(16)19(25)22-8-10-26-11-9-22/h2-5,13,15H,6-12H2,1H3,(H,20,24)(H,21,23). The second-order valence-electron chi connectivity index (χ2n) is 6.86. The summed E-state index contributed by atoms with van der Waals surface area (Å²) in [4.78, 5) is 38.4. The third kappa shape index (κ3) is 4.60. The number of nitrogens with one attached hydrogen (secondary N) is 2. The fourth-order valence-electron chi connectivity index (χ4n) is 3.05. The molecule has 0 spiro atoms. The molecule has 1 saturated heterocycles. The zero-order valence-electron chi connectivity index (χ0n) is 15.0. The Morgan fingerprint density at radius 3 is 2.58 bits per heavy atom. The van der Waals surface area contributed by atoms with Gasteiger partial charge in [-0.05, 0) is 24.5 Å². The van der Waals surface area contributed by atoms with Crippen molar-refractivity contribution in [1.29, 1.82) is 0 Å². The first-order valence-electron chi connectivity index (χ1n) is 9.10. The minimum atomic E-state index is -0.226. The summed E-state index contributed by atoms with van der Waals surface area (Å²) in [6.45, 7) is 4.49. The van der Waals surface area contributed by atoms with E-state index in [1.165, 1.54) is 0 Å². The number of para-hydroxylation sites is 1. The van der Waals surface area contributed by atoms with Crippen molar-refractivity contribution in [3.05, 3.63) is 29.8 Å². The van der Waals surface area contributed by atoms with Crippen molar-refractivity contribution in [2.45, 2.75) is 19.8 Å². The number of carbonyl (C=O) groups excluding carboxylic acids is 3. The number of amides is 3. The maximum atomic E-state index is 12.7. The highest BCUT2D eigenvalue weighted by atomic mass is 16.5. The zero-order valence-corrected chi connectivity index (χ0v) is 15.0. The number of ether oxygens (including phenoxy) is 1. The van der Waals surface area contributed by atoms with Crippen molar-refractivity contribution in [3.63, 3.8) is 0 Å². The molecule has 2 fully saturated rings. The fourth-order valence-corrected chi connectivity index (χ4v) is 3.05. The Kier molecular flexibility index (Phi) is 5.88. The van der Waals surface area contributed by atoms with Crippen LogP contribution in [0, 0.1) is 11.8 Å². The van der Waals surface area contributed by atoms with Gasteiger partial charge in [-0.1, -0.05) is 19.1 Å². The predicted octanol–water partition coefficient (Wildman–Crippen LogP) is 1.26. The van der Waals surface area contributed by atoms with Crippen molar-refractivity contribution in [1.82, 2.24) is 10.2 Å². The molecule has 26 heavy (non-hydrogen) atoms. The average Bonchev–Trinajstić information content (AvgIpc) is 3.39.